The molecule has 5 nitrogen and oxygen atoms in total. The number of hydrogen-bond donors (Lipinski definition) is 0. The van der Waals surface area contributed by atoms with Gasteiger partial charge >= 0.3 is 0 Å². The van der Waals surface area contributed by atoms with Gasteiger partial charge in [0.2, 0.25) is 5.91 Å². The van der Waals surface area contributed by atoms with Crippen LogP contribution in [0.25, 0.3) is 0 Å². The maximum atomic E-state index is 12.8. The summed E-state index contributed by atoms with van der Waals surface area (Å²) in [4.78, 5) is 29.0. The minimum atomic E-state index is -0.345. The molecular formula is C18H19FN2O3S. The second-order valence-corrected chi connectivity index (χ2v) is 6.79. The van der Waals surface area contributed by atoms with Crippen LogP contribution >= 0.6 is 11.3 Å². The van der Waals surface area contributed by atoms with Crippen LogP contribution in [0.1, 0.15) is 4.88 Å². The molecule has 0 N–H and O–H groups in total. The second-order valence-electron chi connectivity index (χ2n) is 5.76. The van der Waals surface area contributed by atoms with Crippen LogP contribution in [-0.4, -0.2) is 54.4 Å². The number of ether oxygens (including phenoxy) is 1. The molecular weight excluding hydrogens is 343 g/mol. The highest BCUT2D eigenvalue weighted by Gasteiger charge is 2.24. The van der Waals surface area contributed by atoms with Gasteiger partial charge in [-0.15, -0.1) is 11.3 Å². The smallest absolute Gasteiger partial charge is 0.260 e. The van der Waals surface area contributed by atoms with Crippen LogP contribution < -0.4 is 4.74 Å². The molecule has 2 heterocycles. The molecule has 132 valence electrons. The number of hydrogen-bond acceptors (Lipinski definition) is 4. The van der Waals surface area contributed by atoms with Crippen LogP contribution in [0.2, 0.25) is 0 Å². The topological polar surface area (TPSA) is 49.9 Å². The summed E-state index contributed by atoms with van der Waals surface area (Å²) in [6, 6.07) is 9.45. The van der Waals surface area contributed by atoms with Gasteiger partial charge in [-0.3, -0.25) is 9.59 Å². The highest BCUT2D eigenvalue weighted by molar-refractivity contribution is 7.10. The maximum Gasteiger partial charge on any atom is 0.260 e. The Balaban J connectivity index is 1.42. The monoisotopic (exact) mass is 362 g/mol. The van der Waals surface area contributed by atoms with Crippen molar-refractivity contribution in [2.75, 3.05) is 32.8 Å². The third kappa shape index (κ3) is 4.79. The molecule has 0 atom stereocenters. The number of piperazine rings is 1. The summed E-state index contributed by atoms with van der Waals surface area (Å²) in [6.07, 6.45) is 0.416. The lowest BCUT2D eigenvalue weighted by Crippen LogP contribution is -2.51. The molecule has 1 aromatic carbocycles. The van der Waals surface area contributed by atoms with Crippen LogP contribution in [-0.2, 0) is 16.0 Å². The Bertz CT molecular complexity index is 710. The van der Waals surface area contributed by atoms with E-state index < -0.39 is 0 Å². The molecule has 3 rings (SSSR count). The number of carbonyl (C=O) groups is 2. The van der Waals surface area contributed by atoms with E-state index in [2.05, 4.69) is 0 Å². The Labute approximate surface area is 149 Å². The minimum absolute atomic E-state index is 0.0885. The molecule has 0 saturated carbocycles. The summed E-state index contributed by atoms with van der Waals surface area (Å²) in [5, 5.41) is 1.96. The first-order valence-electron chi connectivity index (χ1n) is 8.08. The van der Waals surface area contributed by atoms with Crippen molar-refractivity contribution in [2.45, 2.75) is 6.42 Å². The van der Waals surface area contributed by atoms with E-state index in [0.717, 1.165) is 4.88 Å². The summed E-state index contributed by atoms with van der Waals surface area (Å²) >= 11 is 1.57. The third-order valence-electron chi connectivity index (χ3n) is 4.07. The molecule has 7 heteroatoms. The number of benzene rings is 1. The predicted molar refractivity (Wildman–Crippen MR) is 93.1 cm³/mol. The molecule has 1 saturated heterocycles. The van der Waals surface area contributed by atoms with Gasteiger partial charge in [0.15, 0.2) is 6.61 Å². The molecule has 2 amide bonds. The van der Waals surface area contributed by atoms with E-state index in [1.54, 1.807) is 21.1 Å². The second kappa shape index (κ2) is 8.11. The van der Waals surface area contributed by atoms with E-state index in [9.17, 15) is 14.0 Å². The van der Waals surface area contributed by atoms with Crippen LogP contribution in [0, 0.1) is 5.82 Å². The fourth-order valence-corrected chi connectivity index (χ4v) is 3.34. The van der Waals surface area contributed by atoms with Crippen LogP contribution in [0.15, 0.2) is 41.8 Å². The number of carbonyl (C=O) groups excluding carboxylic acids is 2. The highest BCUT2D eigenvalue weighted by atomic mass is 32.1. The summed E-state index contributed by atoms with van der Waals surface area (Å²) < 4.78 is 18.2. The molecule has 1 aliphatic rings. The molecule has 0 spiro atoms. The lowest BCUT2D eigenvalue weighted by molar-refractivity contribution is -0.140. The van der Waals surface area contributed by atoms with Crippen LogP contribution in [0.3, 0.4) is 0 Å². The number of thiophene rings is 1. The number of halogens is 1. The molecule has 0 aliphatic carbocycles. The standard InChI is InChI=1S/C18H19FN2O3S/c19-14-3-5-15(6-4-14)24-13-18(23)21-9-7-20(8-10-21)17(22)12-16-2-1-11-25-16/h1-6,11H,7-10,12-13H2. The lowest BCUT2D eigenvalue weighted by Gasteiger charge is -2.34. The van der Waals surface area contributed by atoms with E-state index in [0.29, 0.717) is 38.3 Å². The van der Waals surface area contributed by atoms with Gasteiger partial charge in [-0.2, -0.15) is 0 Å². The zero-order chi connectivity index (χ0) is 17.6. The molecule has 0 radical (unpaired) electrons. The lowest BCUT2D eigenvalue weighted by atomic mass is 10.2. The normalized spacial score (nSPS) is 14.4. The quantitative estimate of drug-likeness (QED) is 0.819. The maximum absolute atomic E-state index is 12.8. The van der Waals surface area contributed by atoms with E-state index in [4.69, 9.17) is 4.74 Å². The average molecular weight is 362 g/mol. The largest absolute Gasteiger partial charge is 0.484 e. The van der Waals surface area contributed by atoms with E-state index >= 15 is 0 Å². The van der Waals surface area contributed by atoms with Gasteiger partial charge in [0.1, 0.15) is 11.6 Å². The Morgan fingerprint density at radius 3 is 2.24 bits per heavy atom. The highest BCUT2D eigenvalue weighted by Crippen LogP contribution is 2.13. The van der Waals surface area contributed by atoms with Gasteiger partial charge in [0.05, 0.1) is 6.42 Å². The Hall–Kier alpha value is -2.41. The third-order valence-corrected chi connectivity index (χ3v) is 4.94. The molecule has 25 heavy (non-hydrogen) atoms. The summed E-state index contributed by atoms with van der Waals surface area (Å²) in [6.45, 7) is 1.98. The van der Waals surface area contributed by atoms with Crippen molar-refractivity contribution in [3.8, 4) is 5.75 Å². The predicted octanol–water partition coefficient (Wildman–Crippen LogP) is 2.18. The summed E-state index contributed by atoms with van der Waals surface area (Å²) in [5.74, 6) is 0.0771. The first-order chi connectivity index (χ1) is 12.1. The molecule has 1 aromatic heterocycles. The number of amides is 2. The van der Waals surface area contributed by atoms with Crippen molar-refractivity contribution in [1.82, 2.24) is 9.80 Å². The van der Waals surface area contributed by atoms with E-state index in [1.807, 2.05) is 17.5 Å². The minimum Gasteiger partial charge on any atom is -0.484 e. The summed E-state index contributed by atoms with van der Waals surface area (Å²) in [7, 11) is 0. The molecule has 0 bridgehead atoms. The Morgan fingerprint density at radius 1 is 1.00 bits per heavy atom. The Kier molecular flexibility index (Phi) is 5.65. The van der Waals surface area contributed by atoms with Gasteiger partial charge in [0, 0.05) is 31.1 Å². The zero-order valence-electron chi connectivity index (χ0n) is 13.7. The molecule has 1 fully saturated rings. The van der Waals surface area contributed by atoms with Crippen LogP contribution in [0.4, 0.5) is 4.39 Å². The first kappa shape index (κ1) is 17.4. The molecule has 2 aromatic rings. The van der Waals surface area contributed by atoms with Crippen molar-refractivity contribution in [2.24, 2.45) is 0 Å². The van der Waals surface area contributed by atoms with E-state index in [1.165, 1.54) is 24.3 Å². The fourth-order valence-electron chi connectivity index (χ4n) is 2.65. The van der Waals surface area contributed by atoms with E-state index in [-0.39, 0.29) is 24.2 Å². The molecule has 1 aliphatic heterocycles. The van der Waals surface area contributed by atoms with Gasteiger partial charge < -0.3 is 14.5 Å². The number of nitrogens with zero attached hydrogens (tertiary/aromatic N) is 2. The fraction of sp³-hybridized carbons (Fsp3) is 0.333. The number of rotatable bonds is 5. The van der Waals surface area contributed by atoms with Crippen molar-refractivity contribution in [3.05, 3.63) is 52.5 Å². The summed E-state index contributed by atoms with van der Waals surface area (Å²) in [5.41, 5.74) is 0. The van der Waals surface area contributed by atoms with Crippen LogP contribution in [0.5, 0.6) is 5.75 Å². The van der Waals surface area contributed by atoms with Crippen molar-refractivity contribution in [3.63, 3.8) is 0 Å². The van der Waals surface area contributed by atoms with Crippen molar-refractivity contribution in [1.29, 1.82) is 0 Å². The average Bonchev–Trinajstić information content (AvgIpc) is 3.14. The van der Waals surface area contributed by atoms with Gasteiger partial charge in [-0.25, -0.2) is 4.39 Å². The van der Waals surface area contributed by atoms with Gasteiger partial charge in [0.25, 0.3) is 5.91 Å². The SMILES string of the molecule is O=C(COc1ccc(F)cc1)N1CCN(C(=O)Cc2cccs2)CC1. The Morgan fingerprint density at radius 2 is 1.64 bits per heavy atom. The van der Waals surface area contributed by atoms with Gasteiger partial charge in [-0.1, -0.05) is 6.07 Å². The van der Waals surface area contributed by atoms with Gasteiger partial charge in [-0.05, 0) is 35.7 Å². The molecule has 0 unspecified atom stereocenters. The zero-order valence-corrected chi connectivity index (χ0v) is 14.5. The van der Waals surface area contributed by atoms with Crippen molar-refractivity contribution < 1.29 is 18.7 Å². The first-order valence-corrected chi connectivity index (χ1v) is 8.96. The van der Waals surface area contributed by atoms with Crippen molar-refractivity contribution >= 4 is 23.2 Å².